The molecule has 1 amide bonds. The maximum Gasteiger partial charge on any atom is 0.344 e. The van der Waals surface area contributed by atoms with Crippen LogP contribution in [0.4, 0.5) is 5.69 Å². The molecule has 0 saturated carbocycles. The summed E-state index contributed by atoms with van der Waals surface area (Å²) in [5.74, 6) is -1.18. The van der Waals surface area contributed by atoms with Crippen LogP contribution in [-0.4, -0.2) is 23.1 Å². The molecule has 1 atom stereocenters. The summed E-state index contributed by atoms with van der Waals surface area (Å²) in [5, 5.41) is 20.7. The van der Waals surface area contributed by atoms with Gasteiger partial charge in [-0.15, -0.1) is 0 Å². The fraction of sp³-hybridized carbons (Fsp3) is 0.105. The van der Waals surface area contributed by atoms with Crippen LogP contribution in [0.3, 0.4) is 0 Å². The highest BCUT2D eigenvalue weighted by Crippen LogP contribution is 2.17. The van der Waals surface area contributed by atoms with E-state index >= 15 is 0 Å². The van der Waals surface area contributed by atoms with Crippen LogP contribution in [0.25, 0.3) is 6.08 Å². The molecule has 2 N–H and O–H groups in total. The van der Waals surface area contributed by atoms with Gasteiger partial charge in [0.25, 0.3) is 5.91 Å². The summed E-state index contributed by atoms with van der Waals surface area (Å²) in [6.07, 6.45) is 0.482. The number of ether oxygens (including phenoxy) is 1. The van der Waals surface area contributed by atoms with Gasteiger partial charge < -0.3 is 15.2 Å². The number of hydrogen-bond acceptors (Lipinski definition) is 4. The number of nitrogens with one attached hydrogen (secondary N) is 1. The zero-order valence-corrected chi connectivity index (χ0v) is 13.5. The van der Waals surface area contributed by atoms with Gasteiger partial charge in [-0.05, 0) is 42.8 Å². The van der Waals surface area contributed by atoms with E-state index in [1.54, 1.807) is 48.5 Å². The number of rotatable bonds is 6. The number of aliphatic carboxylic acids is 1. The number of nitrogens with zero attached hydrogens (tertiary/aromatic N) is 1. The maximum atomic E-state index is 12.1. The van der Waals surface area contributed by atoms with Crippen molar-refractivity contribution < 1.29 is 19.4 Å². The van der Waals surface area contributed by atoms with E-state index < -0.39 is 18.0 Å². The molecule has 0 spiro atoms. The molecule has 6 heteroatoms. The monoisotopic (exact) mass is 336 g/mol. The van der Waals surface area contributed by atoms with Crippen LogP contribution in [-0.2, 0) is 9.59 Å². The molecule has 2 aromatic rings. The first-order valence-electron chi connectivity index (χ1n) is 7.47. The average Bonchev–Trinajstić information content (AvgIpc) is 2.61. The van der Waals surface area contributed by atoms with Crippen molar-refractivity contribution in [3.63, 3.8) is 0 Å². The Kier molecular flexibility index (Phi) is 5.91. The van der Waals surface area contributed by atoms with Crippen LogP contribution in [0.2, 0.25) is 0 Å². The minimum Gasteiger partial charge on any atom is -0.479 e. The Bertz CT molecular complexity index is 821. The molecule has 2 aromatic carbocycles. The van der Waals surface area contributed by atoms with Gasteiger partial charge >= 0.3 is 5.97 Å². The van der Waals surface area contributed by atoms with Crippen LogP contribution in [0, 0.1) is 11.3 Å². The summed E-state index contributed by atoms with van der Waals surface area (Å²) in [5.41, 5.74) is 1.17. The van der Waals surface area contributed by atoms with Gasteiger partial charge in [0.1, 0.15) is 17.4 Å². The lowest BCUT2D eigenvalue weighted by atomic mass is 10.1. The maximum absolute atomic E-state index is 12.1. The molecular weight excluding hydrogens is 320 g/mol. The normalized spacial score (nSPS) is 11.9. The Hall–Kier alpha value is -3.59. The molecule has 0 aliphatic carbocycles. The first-order chi connectivity index (χ1) is 12.0. The molecule has 126 valence electrons. The molecule has 0 heterocycles. The van der Waals surface area contributed by atoms with Gasteiger partial charge in [-0.25, -0.2) is 4.79 Å². The topological polar surface area (TPSA) is 99.4 Å². The van der Waals surface area contributed by atoms with Gasteiger partial charge in [0.05, 0.1) is 0 Å². The lowest BCUT2D eigenvalue weighted by molar-refractivity contribution is -0.144. The number of anilines is 1. The van der Waals surface area contributed by atoms with Crippen molar-refractivity contribution in [3.05, 3.63) is 65.7 Å². The third-order valence-corrected chi connectivity index (χ3v) is 3.25. The summed E-state index contributed by atoms with van der Waals surface area (Å²) in [7, 11) is 0. The van der Waals surface area contributed by atoms with Gasteiger partial charge in [-0.3, -0.25) is 4.79 Å². The van der Waals surface area contributed by atoms with Gasteiger partial charge in [-0.2, -0.15) is 5.26 Å². The predicted molar refractivity (Wildman–Crippen MR) is 92.8 cm³/mol. The molecular formula is C19H16N2O4. The Morgan fingerprint density at radius 2 is 1.80 bits per heavy atom. The van der Waals surface area contributed by atoms with Crippen molar-refractivity contribution in [3.8, 4) is 11.8 Å². The highest BCUT2D eigenvalue weighted by Gasteiger charge is 2.12. The zero-order valence-electron chi connectivity index (χ0n) is 13.5. The smallest absolute Gasteiger partial charge is 0.344 e. The molecule has 0 aromatic heterocycles. The second kappa shape index (κ2) is 8.31. The fourth-order valence-corrected chi connectivity index (χ4v) is 1.93. The quantitative estimate of drug-likeness (QED) is 0.624. The van der Waals surface area contributed by atoms with Gasteiger partial charge in [0, 0.05) is 5.69 Å². The lowest BCUT2D eigenvalue weighted by Crippen LogP contribution is -2.22. The molecule has 25 heavy (non-hydrogen) atoms. The van der Waals surface area contributed by atoms with Crippen LogP contribution >= 0.6 is 0 Å². The number of carboxylic acids is 1. The lowest BCUT2D eigenvalue weighted by Gasteiger charge is -2.10. The van der Waals surface area contributed by atoms with Gasteiger partial charge in [0.2, 0.25) is 0 Å². The second-order valence-corrected chi connectivity index (χ2v) is 5.16. The Morgan fingerprint density at radius 1 is 1.16 bits per heavy atom. The number of carboxylic acid groups (broad SMARTS) is 1. The number of carbonyl (C=O) groups excluding carboxylic acids is 1. The molecule has 0 unspecified atom stereocenters. The third-order valence-electron chi connectivity index (χ3n) is 3.25. The van der Waals surface area contributed by atoms with Gasteiger partial charge in [0.15, 0.2) is 6.10 Å². The molecule has 0 aliphatic rings. The van der Waals surface area contributed by atoms with Gasteiger partial charge in [-0.1, -0.05) is 30.3 Å². The van der Waals surface area contributed by atoms with E-state index in [1.807, 2.05) is 12.1 Å². The highest BCUT2D eigenvalue weighted by atomic mass is 16.5. The molecule has 0 aliphatic heterocycles. The summed E-state index contributed by atoms with van der Waals surface area (Å²) in [6.45, 7) is 1.43. The molecule has 0 fully saturated rings. The fourth-order valence-electron chi connectivity index (χ4n) is 1.93. The SMILES string of the molecule is C[C@@H](Oc1ccc(/C=C(\C#N)C(=O)Nc2ccccc2)cc1)C(=O)O. The zero-order chi connectivity index (χ0) is 18.2. The highest BCUT2D eigenvalue weighted by molar-refractivity contribution is 6.09. The largest absolute Gasteiger partial charge is 0.479 e. The van der Waals surface area contributed by atoms with Crippen molar-refractivity contribution >= 4 is 23.6 Å². The van der Waals surface area contributed by atoms with Crippen LogP contribution < -0.4 is 10.1 Å². The first-order valence-corrected chi connectivity index (χ1v) is 7.47. The van der Waals surface area contributed by atoms with E-state index in [9.17, 15) is 14.9 Å². The minimum absolute atomic E-state index is 0.0450. The van der Waals surface area contributed by atoms with Crippen molar-refractivity contribution in [2.45, 2.75) is 13.0 Å². The van der Waals surface area contributed by atoms with Crippen molar-refractivity contribution in [2.75, 3.05) is 5.32 Å². The molecule has 0 radical (unpaired) electrons. The molecule has 2 rings (SSSR count). The number of hydrogen-bond donors (Lipinski definition) is 2. The number of para-hydroxylation sites is 1. The van der Waals surface area contributed by atoms with E-state index in [4.69, 9.17) is 9.84 Å². The van der Waals surface area contributed by atoms with E-state index in [0.717, 1.165) is 0 Å². The molecule has 0 bridgehead atoms. The average molecular weight is 336 g/mol. The summed E-state index contributed by atoms with van der Waals surface area (Å²) < 4.78 is 5.22. The number of benzene rings is 2. The second-order valence-electron chi connectivity index (χ2n) is 5.16. The minimum atomic E-state index is -1.06. The molecule has 0 saturated heterocycles. The van der Waals surface area contributed by atoms with Crippen molar-refractivity contribution in [1.82, 2.24) is 0 Å². The third kappa shape index (κ3) is 5.22. The van der Waals surface area contributed by atoms with Crippen molar-refractivity contribution in [1.29, 1.82) is 5.26 Å². The summed E-state index contributed by atoms with van der Waals surface area (Å²) in [6, 6.07) is 17.1. The van der Waals surface area contributed by atoms with Crippen LogP contribution in [0.15, 0.2) is 60.2 Å². The van der Waals surface area contributed by atoms with E-state index in [0.29, 0.717) is 17.0 Å². The van der Waals surface area contributed by atoms with E-state index in [2.05, 4.69) is 5.32 Å². The number of nitriles is 1. The van der Waals surface area contributed by atoms with Crippen LogP contribution in [0.1, 0.15) is 12.5 Å². The standard InChI is InChI=1S/C19H16N2O4/c1-13(19(23)24)25-17-9-7-14(8-10-17)11-15(12-20)18(22)21-16-5-3-2-4-6-16/h2-11,13H,1H3,(H,21,22)(H,23,24)/b15-11+/t13-/m1/s1. The Balaban J connectivity index is 2.10. The first kappa shape index (κ1) is 17.8. The predicted octanol–water partition coefficient (Wildman–Crippen LogP) is 3.08. The summed E-state index contributed by atoms with van der Waals surface area (Å²) in [4.78, 5) is 22.9. The Labute approximate surface area is 145 Å². The van der Waals surface area contributed by atoms with Crippen LogP contribution in [0.5, 0.6) is 5.75 Å². The summed E-state index contributed by atoms with van der Waals surface area (Å²) >= 11 is 0. The molecule has 6 nitrogen and oxygen atoms in total. The van der Waals surface area contributed by atoms with Crippen molar-refractivity contribution in [2.24, 2.45) is 0 Å². The van der Waals surface area contributed by atoms with E-state index in [1.165, 1.54) is 13.0 Å². The number of amides is 1. The van der Waals surface area contributed by atoms with E-state index in [-0.39, 0.29) is 5.57 Å². The Morgan fingerprint density at radius 3 is 2.36 bits per heavy atom. The number of carbonyl (C=O) groups is 2.